The molecule has 2 heterocycles. The quantitative estimate of drug-likeness (QED) is 0.802. The summed E-state index contributed by atoms with van der Waals surface area (Å²) in [4.78, 5) is 12.7. The molecule has 0 aliphatic carbocycles. The van der Waals surface area contributed by atoms with E-state index in [4.69, 9.17) is 8.92 Å². The van der Waals surface area contributed by atoms with Crippen molar-refractivity contribution in [1.82, 2.24) is 9.78 Å². The minimum Gasteiger partial charge on any atom is -0.442 e. The molecule has 0 spiro atoms. The summed E-state index contributed by atoms with van der Waals surface area (Å²) < 4.78 is 33.9. The molecular formula is C12H16N2O5S2. The summed E-state index contributed by atoms with van der Waals surface area (Å²) in [5.74, 6) is 0. The zero-order valence-corrected chi connectivity index (χ0v) is 13.7. The Morgan fingerprint density at radius 1 is 1.43 bits per heavy atom. The Morgan fingerprint density at radius 3 is 2.67 bits per heavy atom. The zero-order valence-electron chi connectivity index (χ0n) is 12.1. The summed E-state index contributed by atoms with van der Waals surface area (Å²) in [6.07, 6.45) is 1.95. The predicted octanol–water partition coefficient (Wildman–Crippen LogP) is 2.36. The van der Waals surface area contributed by atoms with Crippen LogP contribution >= 0.6 is 11.3 Å². The zero-order chi connectivity index (χ0) is 15.8. The molecule has 9 heteroatoms. The fourth-order valence-corrected chi connectivity index (χ4v) is 2.90. The summed E-state index contributed by atoms with van der Waals surface area (Å²) in [7, 11) is -3.50. The van der Waals surface area contributed by atoms with Gasteiger partial charge in [-0.05, 0) is 26.8 Å². The number of carbonyl (C=O) groups excluding carboxylic acids is 1. The monoisotopic (exact) mass is 332 g/mol. The number of hydrogen-bond donors (Lipinski definition) is 0. The van der Waals surface area contributed by atoms with Gasteiger partial charge in [-0.2, -0.15) is 18.2 Å². The molecule has 0 aliphatic rings. The molecule has 0 N–H and O–H groups in total. The highest BCUT2D eigenvalue weighted by Gasteiger charge is 2.21. The van der Waals surface area contributed by atoms with Crippen molar-refractivity contribution in [3.05, 3.63) is 17.1 Å². The van der Waals surface area contributed by atoms with E-state index in [1.165, 1.54) is 17.5 Å². The lowest BCUT2D eigenvalue weighted by atomic mass is 10.2. The Bertz CT molecular complexity index is 767. The van der Waals surface area contributed by atoms with Crippen LogP contribution in [-0.4, -0.2) is 36.1 Å². The molecule has 0 aliphatic heterocycles. The first-order valence-corrected chi connectivity index (χ1v) is 8.73. The third-order valence-electron chi connectivity index (χ3n) is 2.29. The molecule has 0 bridgehead atoms. The number of ether oxygens (including phenoxy) is 1. The molecule has 0 radical (unpaired) electrons. The van der Waals surface area contributed by atoms with E-state index in [2.05, 4.69) is 5.10 Å². The van der Waals surface area contributed by atoms with Gasteiger partial charge in [0.25, 0.3) is 10.1 Å². The predicted molar refractivity (Wildman–Crippen MR) is 78.9 cm³/mol. The highest BCUT2D eigenvalue weighted by Crippen LogP contribution is 2.26. The molecule has 0 unspecified atom stereocenters. The minimum atomic E-state index is -3.50. The number of carbonyl (C=O) groups is 1. The second kappa shape index (κ2) is 5.39. The number of nitrogens with zero attached hydrogens (tertiary/aromatic N) is 2. The molecule has 0 aromatic carbocycles. The molecule has 2 aromatic rings. The van der Waals surface area contributed by atoms with Crippen molar-refractivity contribution in [3.63, 3.8) is 0 Å². The number of aromatic nitrogens is 2. The van der Waals surface area contributed by atoms with Gasteiger partial charge in [0.2, 0.25) is 0 Å². The smallest absolute Gasteiger partial charge is 0.435 e. The van der Waals surface area contributed by atoms with Crippen LogP contribution in [0.2, 0.25) is 0 Å². The molecule has 0 atom stereocenters. The Kier molecular flexibility index (Phi) is 4.09. The second-order valence-electron chi connectivity index (χ2n) is 5.47. The molecule has 21 heavy (non-hydrogen) atoms. The topological polar surface area (TPSA) is 87.5 Å². The van der Waals surface area contributed by atoms with E-state index in [0.29, 0.717) is 10.4 Å². The van der Waals surface area contributed by atoms with Crippen LogP contribution in [0.3, 0.4) is 0 Å². The minimum absolute atomic E-state index is 0.0630. The van der Waals surface area contributed by atoms with Crippen molar-refractivity contribution < 1.29 is 22.1 Å². The maximum absolute atomic E-state index is 12.0. The Hall–Kier alpha value is -1.45. The van der Waals surface area contributed by atoms with Gasteiger partial charge >= 0.3 is 6.09 Å². The van der Waals surface area contributed by atoms with Gasteiger partial charge < -0.3 is 4.74 Å². The molecule has 0 saturated carbocycles. The van der Waals surface area contributed by atoms with E-state index in [1.54, 1.807) is 26.8 Å². The average molecular weight is 332 g/mol. The van der Waals surface area contributed by atoms with Crippen LogP contribution in [0.1, 0.15) is 25.6 Å². The van der Waals surface area contributed by atoms with Crippen LogP contribution in [0.15, 0.2) is 12.3 Å². The number of rotatable bonds is 3. The lowest BCUT2D eigenvalue weighted by Crippen LogP contribution is -2.27. The van der Waals surface area contributed by atoms with Gasteiger partial charge in [-0.15, -0.1) is 11.3 Å². The van der Waals surface area contributed by atoms with E-state index >= 15 is 0 Å². The van der Waals surface area contributed by atoms with E-state index in [0.717, 1.165) is 15.6 Å². The first-order valence-electron chi connectivity index (χ1n) is 6.09. The largest absolute Gasteiger partial charge is 0.442 e. The molecule has 0 saturated heterocycles. The Labute approximate surface area is 126 Å². The second-order valence-corrected chi connectivity index (χ2v) is 8.28. The maximum Gasteiger partial charge on any atom is 0.435 e. The van der Waals surface area contributed by atoms with Crippen molar-refractivity contribution in [2.75, 3.05) is 6.26 Å². The summed E-state index contributed by atoms with van der Waals surface area (Å²) in [6.45, 7) is 5.24. The van der Waals surface area contributed by atoms with Crippen LogP contribution in [0.4, 0.5) is 4.79 Å². The maximum atomic E-state index is 12.0. The molecular weight excluding hydrogens is 316 g/mol. The summed E-state index contributed by atoms with van der Waals surface area (Å²) in [5.41, 5.74) is -0.0468. The van der Waals surface area contributed by atoms with Crippen molar-refractivity contribution in [3.8, 4) is 0 Å². The fourth-order valence-electron chi connectivity index (χ4n) is 1.56. The highest BCUT2D eigenvalue weighted by atomic mass is 32.2. The van der Waals surface area contributed by atoms with Gasteiger partial charge in [-0.3, -0.25) is 4.18 Å². The number of hydrogen-bond acceptors (Lipinski definition) is 7. The van der Waals surface area contributed by atoms with E-state index in [1.807, 2.05) is 0 Å². The van der Waals surface area contributed by atoms with E-state index in [9.17, 15) is 13.2 Å². The van der Waals surface area contributed by atoms with E-state index in [-0.39, 0.29) is 6.61 Å². The molecule has 116 valence electrons. The fraction of sp³-hybridized carbons (Fsp3) is 0.500. The molecule has 2 aromatic heterocycles. The van der Waals surface area contributed by atoms with Gasteiger partial charge in [-0.1, -0.05) is 0 Å². The van der Waals surface area contributed by atoms with Crippen LogP contribution in [-0.2, 0) is 25.6 Å². The van der Waals surface area contributed by atoms with Crippen LogP contribution in [0.25, 0.3) is 10.2 Å². The van der Waals surface area contributed by atoms with Gasteiger partial charge in [0, 0.05) is 4.88 Å². The SMILES string of the molecule is CC(C)(C)OC(=O)n1ncc2sc(COS(C)(=O)=O)cc21. The molecule has 7 nitrogen and oxygen atoms in total. The Balaban J connectivity index is 2.23. The van der Waals surface area contributed by atoms with Gasteiger partial charge in [0.05, 0.1) is 22.7 Å². The van der Waals surface area contributed by atoms with Crippen molar-refractivity contribution in [2.45, 2.75) is 33.0 Å². The molecule has 2 rings (SSSR count). The summed E-state index contributed by atoms with van der Waals surface area (Å²) in [5, 5.41) is 3.98. The lowest BCUT2D eigenvalue weighted by Gasteiger charge is -2.18. The first-order chi connectivity index (χ1) is 9.55. The molecule has 0 fully saturated rings. The lowest BCUT2D eigenvalue weighted by molar-refractivity contribution is 0.0522. The van der Waals surface area contributed by atoms with Crippen LogP contribution < -0.4 is 0 Å². The summed E-state index contributed by atoms with van der Waals surface area (Å²) >= 11 is 1.31. The Morgan fingerprint density at radius 2 is 2.10 bits per heavy atom. The van der Waals surface area contributed by atoms with Gasteiger partial charge in [0.15, 0.2) is 0 Å². The molecule has 0 amide bonds. The average Bonchev–Trinajstić information content (AvgIpc) is 2.80. The normalized spacial score (nSPS) is 12.8. The van der Waals surface area contributed by atoms with Gasteiger partial charge in [-0.25, -0.2) is 4.79 Å². The van der Waals surface area contributed by atoms with E-state index < -0.39 is 21.8 Å². The van der Waals surface area contributed by atoms with Crippen molar-refractivity contribution in [1.29, 1.82) is 0 Å². The van der Waals surface area contributed by atoms with Crippen LogP contribution in [0, 0.1) is 0 Å². The van der Waals surface area contributed by atoms with Crippen molar-refractivity contribution in [2.24, 2.45) is 0 Å². The first kappa shape index (κ1) is 15.9. The standard InChI is InChI=1S/C12H16N2O5S2/c1-12(2,3)19-11(15)14-9-5-8(7-18-21(4,16)17)20-10(9)6-13-14/h5-6H,7H2,1-4H3. The number of thiophene rings is 1. The van der Waals surface area contributed by atoms with Gasteiger partial charge in [0.1, 0.15) is 12.2 Å². The van der Waals surface area contributed by atoms with Crippen LogP contribution in [0.5, 0.6) is 0 Å². The third-order valence-corrected chi connectivity index (χ3v) is 3.87. The highest BCUT2D eigenvalue weighted by molar-refractivity contribution is 7.85. The van der Waals surface area contributed by atoms with Crippen molar-refractivity contribution >= 4 is 37.8 Å². The number of fused-ring (bicyclic) bond motifs is 1. The summed E-state index contributed by atoms with van der Waals surface area (Å²) in [6, 6.07) is 1.67. The third kappa shape index (κ3) is 4.26.